The van der Waals surface area contributed by atoms with Gasteiger partial charge in [-0.3, -0.25) is 4.79 Å². The molecule has 1 aliphatic heterocycles. The standard InChI is InChI=1S/C27H34Br2N2O4/c1-18-4-6-21(23(28)14-18)27(22-7-5-19(2)15-24(22)29)20-8-12-31(13-9-20)11-3-10-30-25(32)16-35-17-26(33)34/h4-7,14-15,20,27H,3,8-13,16-17H2,1-2H3,(H,30,32)(H,33,34). The van der Waals surface area contributed by atoms with Gasteiger partial charge in [-0.2, -0.15) is 0 Å². The fourth-order valence-corrected chi connectivity index (χ4v) is 6.25. The molecule has 2 N–H and O–H groups in total. The van der Waals surface area contributed by atoms with Gasteiger partial charge in [-0.1, -0.05) is 56.1 Å². The van der Waals surface area contributed by atoms with Crippen LogP contribution >= 0.6 is 31.9 Å². The molecule has 1 heterocycles. The summed E-state index contributed by atoms with van der Waals surface area (Å²) in [7, 11) is 0. The van der Waals surface area contributed by atoms with E-state index in [2.05, 4.69) is 92.3 Å². The van der Waals surface area contributed by atoms with Crippen molar-refractivity contribution in [1.82, 2.24) is 10.2 Å². The summed E-state index contributed by atoms with van der Waals surface area (Å²) in [5.74, 6) is -0.504. The van der Waals surface area contributed by atoms with Gasteiger partial charge in [0.05, 0.1) is 0 Å². The second-order valence-corrected chi connectivity index (χ2v) is 11.0. The Morgan fingerprint density at radius 3 is 2.11 bits per heavy atom. The minimum Gasteiger partial charge on any atom is -0.480 e. The lowest BCUT2D eigenvalue weighted by molar-refractivity contribution is -0.143. The van der Waals surface area contributed by atoms with Crippen molar-refractivity contribution in [1.29, 1.82) is 0 Å². The summed E-state index contributed by atoms with van der Waals surface area (Å²) in [5.41, 5.74) is 5.17. The van der Waals surface area contributed by atoms with Crippen LogP contribution in [0.4, 0.5) is 0 Å². The highest BCUT2D eigenvalue weighted by Gasteiger charge is 2.31. The zero-order valence-electron chi connectivity index (χ0n) is 20.4. The van der Waals surface area contributed by atoms with Crippen LogP contribution in [0, 0.1) is 19.8 Å². The summed E-state index contributed by atoms with van der Waals surface area (Å²) >= 11 is 7.68. The molecule has 2 aromatic carbocycles. The highest BCUT2D eigenvalue weighted by Crippen LogP contribution is 2.43. The molecule has 0 spiro atoms. The van der Waals surface area contributed by atoms with Gasteiger partial charge in [0.2, 0.25) is 5.91 Å². The molecule has 35 heavy (non-hydrogen) atoms. The van der Waals surface area contributed by atoms with Gasteiger partial charge in [0.15, 0.2) is 0 Å². The lowest BCUT2D eigenvalue weighted by Crippen LogP contribution is -2.38. The highest BCUT2D eigenvalue weighted by molar-refractivity contribution is 9.10. The number of benzene rings is 2. The molecule has 0 unspecified atom stereocenters. The van der Waals surface area contributed by atoms with Crippen LogP contribution in [0.3, 0.4) is 0 Å². The Bertz CT molecular complexity index is 971. The van der Waals surface area contributed by atoms with Crippen LogP contribution < -0.4 is 5.32 Å². The molecule has 0 atom stereocenters. The average molecular weight is 610 g/mol. The Morgan fingerprint density at radius 2 is 1.60 bits per heavy atom. The number of hydrogen-bond donors (Lipinski definition) is 2. The SMILES string of the molecule is Cc1ccc(C(c2ccc(C)cc2Br)C2CCN(CCCNC(=O)COCC(=O)O)CC2)c(Br)c1. The molecule has 1 fully saturated rings. The lowest BCUT2D eigenvalue weighted by atomic mass is 9.76. The molecule has 0 bridgehead atoms. The minimum atomic E-state index is -1.08. The highest BCUT2D eigenvalue weighted by atomic mass is 79.9. The van der Waals surface area contributed by atoms with E-state index in [9.17, 15) is 9.59 Å². The molecule has 0 saturated carbocycles. The summed E-state index contributed by atoms with van der Waals surface area (Å²) in [6.45, 7) is 7.11. The molecule has 190 valence electrons. The van der Waals surface area contributed by atoms with Crippen molar-refractivity contribution in [3.05, 3.63) is 67.6 Å². The van der Waals surface area contributed by atoms with Crippen LogP contribution in [0.15, 0.2) is 45.3 Å². The summed E-state index contributed by atoms with van der Waals surface area (Å²) in [6, 6.07) is 13.4. The zero-order chi connectivity index (χ0) is 25.4. The fourth-order valence-electron chi connectivity index (χ4n) is 4.77. The Hall–Kier alpha value is -1.74. The van der Waals surface area contributed by atoms with Gasteiger partial charge in [-0.25, -0.2) is 4.79 Å². The van der Waals surface area contributed by atoms with E-state index in [4.69, 9.17) is 9.84 Å². The molecule has 1 aliphatic rings. The number of nitrogens with one attached hydrogen (secondary N) is 1. The molecule has 2 aromatic rings. The molecular weight excluding hydrogens is 576 g/mol. The average Bonchev–Trinajstić information content (AvgIpc) is 2.80. The summed E-state index contributed by atoms with van der Waals surface area (Å²) in [4.78, 5) is 24.6. The van der Waals surface area contributed by atoms with Gasteiger partial charge in [0, 0.05) is 21.4 Å². The summed E-state index contributed by atoms with van der Waals surface area (Å²) < 4.78 is 7.15. The van der Waals surface area contributed by atoms with Gasteiger partial charge in [0.1, 0.15) is 13.2 Å². The maximum absolute atomic E-state index is 11.7. The maximum Gasteiger partial charge on any atom is 0.329 e. The molecular formula is C27H34Br2N2O4. The Morgan fingerprint density at radius 1 is 1.03 bits per heavy atom. The monoisotopic (exact) mass is 608 g/mol. The van der Waals surface area contributed by atoms with Crippen LogP contribution in [-0.2, 0) is 14.3 Å². The number of aryl methyl sites for hydroxylation is 2. The van der Waals surface area contributed by atoms with E-state index in [1.54, 1.807) is 0 Å². The van der Waals surface area contributed by atoms with Crippen molar-refractivity contribution >= 4 is 43.7 Å². The Kier molecular flexibility index (Phi) is 10.8. The number of halogens is 2. The van der Waals surface area contributed by atoms with Crippen LogP contribution in [-0.4, -0.2) is 61.3 Å². The normalized spacial score (nSPS) is 14.9. The topological polar surface area (TPSA) is 78.9 Å². The van der Waals surface area contributed by atoms with Gasteiger partial charge in [-0.05, 0) is 93.0 Å². The van der Waals surface area contributed by atoms with E-state index in [-0.39, 0.29) is 12.5 Å². The smallest absolute Gasteiger partial charge is 0.329 e. The number of aliphatic carboxylic acids is 1. The lowest BCUT2D eigenvalue weighted by Gasteiger charge is -2.37. The van der Waals surface area contributed by atoms with E-state index >= 15 is 0 Å². The van der Waals surface area contributed by atoms with Crippen LogP contribution in [0.25, 0.3) is 0 Å². The molecule has 1 saturated heterocycles. The van der Waals surface area contributed by atoms with Gasteiger partial charge < -0.3 is 20.1 Å². The number of carbonyl (C=O) groups excluding carboxylic acids is 1. The number of carboxylic acids is 1. The summed E-state index contributed by atoms with van der Waals surface area (Å²) in [6.07, 6.45) is 3.08. The molecule has 0 aromatic heterocycles. The van der Waals surface area contributed by atoms with Crippen molar-refractivity contribution < 1.29 is 19.4 Å². The van der Waals surface area contributed by atoms with Crippen molar-refractivity contribution in [3.63, 3.8) is 0 Å². The predicted octanol–water partition coefficient (Wildman–Crippen LogP) is 5.28. The van der Waals surface area contributed by atoms with Gasteiger partial charge in [0.25, 0.3) is 0 Å². The molecule has 8 heteroatoms. The first-order chi connectivity index (χ1) is 16.7. The number of likely N-dealkylation sites (tertiary alicyclic amines) is 1. The van der Waals surface area contributed by atoms with Crippen molar-refractivity contribution in [3.8, 4) is 0 Å². The fraction of sp³-hybridized carbons (Fsp3) is 0.481. The first kappa shape index (κ1) is 27.8. The third kappa shape index (κ3) is 8.41. The third-order valence-electron chi connectivity index (χ3n) is 6.52. The molecule has 0 radical (unpaired) electrons. The van der Waals surface area contributed by atoms with Crippen LogP contribution in [0.5, 0.6) is 0 Å². The maximum atomic E-state index is 11.7. The largest absolute Gasteiger partial charge is 0.480 e. The molecule has 3 rings (SSSR count). The molecule has 6 nitrogen and oxygen atoms in total. The first-order valence-corrected chi connectivity index (χ1v) is 13.6. The number of rotatable bonds is 11. The Labute approximate surface area is 224 Å². The van der Waals surface area contributed by atoms with E-state index < -0.39 is 12.6 Å². The Balaban J connectivity index is 1.56. The van der Waals surface area contributed by atoms with Crippen molar-refractivity contribution in [2.24, 2.45) is 5.92 Å². The van der Waals surface area contributed by atoms with E-state index in [0.29, 0.717) is 18.4 Å². The third-order valence-corrected chi connectivity index (χ3v) is 7.89. The minimum absolute atomic E-state index is 0.220. The number of nitrogens with zero attached hydrogens (tertiary/aromatic N) is 1. The zero-order valence-corrected chi connectivity index (χ0v) is 23.5. The first-order valence-electron chi connectivity index (χ1n) is 12.0. The van der Waals surface area contributed by atoms with Crippen molar-refractivity contribution in [2.45, 2.75) is 39.0 Å². The number of carboxylic acid groups (broad SMARTS) is 1. The van der Waals surface area contributed by atoms with Crippen LogP contribution in [0.2, 0.25) is 0 Å². The predicted molar refractivity (Wildman–Crippen MR) is 145 cm³/mol. The number of piperidine rings is 1. The number of ether oxygens (including phenoxy) is 1. The van der Waals surface area contributed by atoms with E-state index in [1.165, 1.54) is 31.2 Å². The number of amides is 1. The van der Waals surface area contributed by atoms with E-state index in [0.717, 1.165) is 38.9 Å². The van der Waals surface area contributed by atoms with Gasteiger partial charge in [-0.15, -0.1) is 0 Å². The quantitative estimate of drug-likeness (QED) is 0.339. The molecule has 0 aliphatic carbocycles. The summed E-state index contributed by atoms with van der Waals surface area (Å²) in [5, 5.41) is 11.3. The number of hydrogen-bond acceptors (Lipinski definition) is 4. The second kappa shape index (κ2) is 13.5. The van der Waals surface area contributed by atoms with E-state index in [1.807, 2.05) is 0 Å². The van der Waals surface area contributed by atoms with Crippen molar-refractivity contribution in [2.75, 3.05) is 39.4 Å². The molecule has 1 amide bonds. The number of carbonyl (C=O) groups is 2. The van der Waals surface area contributed by atoms with Gasteiger partial charge >= 0.3 is 5.97 Å². The van der Waals surface area contributed by atoms with Crippen LogP contribution in [0.1, 0.15) is 47.4 Å². The second-order valence-electron chi connectivity index (χ2n) is 9.30.